The highest BCUT2D eigenvalue weighted by Gasteiger charge is 2.05. The number of hydrogen-bond donors (Lipinski definition) is 0. The van der Waals surface area contributed by atoms with Gasteiger partial charge in [0.1, 0.15) is 0 Å². The summed E-state index contributed by atoms with van der Waals surface area (Å²) in [6.07, 6.45) is 0. The van der Waals surface area contributed by atoms with Crippen LogP contribution in [0.2, 0.25) is 0 Å². The molecule has 0 N–H and O–H groups in total. The molecule has 0 aliphatic carbocycles. The smallest absolute Gasteiger partial charge is 0.0991 e. The van der Waals surface area contributed by atoms with Crippen LogP contribution in [0.4, 0.5) is 0 Å². The van der Waals surface area contributed by atoms with Crippen molar-refractivity contribution in [3.8, 4) is 6.07 Å². The molecule has 1 heterocycles. The lowest BCUT2D eigenvalue weighted by atomic mass is 10.1. The van der Waals surface area contributed by atoms with Gasteiger partial charge in [0.15, 0.2) is 0 Å². The summed E-state index contributed by atoms with van der Waals surface area (Å²) in [7, 11) is 0. The van der Waals surface area contributed by atoms with Crippen LogP contribution >= 0.6 is 11.3 Å². The van der Waals surface area contributed by atoms with E-state index in [2.05, 4.69) is 23.2 Å². The van der Waals surface area contributed by atoms with Gasteiger partial charge in [-0.25, -0.2) is 4.98 Å². The summed E-state index contributed by atoms with van der Waals surface area (Å²) in [5.41, 5.74) is 1.74. The average Bonchev–Trinajstić information content (AvgIpc) is 2.69. The summed E-state index contributed by atoms with van der Waals surface area (Å²) < 4.78 is 1.20. The van der Waals surface area contributed by atoms with E-state index < -0.39 is 0 Å². The molecule has 0 atom stereocenters. The zero-order valence-corrected chi connectivity index (χ0v) is 9.51. The van der Waals surface area contributed by atoms with E-state index in [4.69, 9.17) is 5.26 Å². The Morgan fingerprint density at radius 1 is 1.25 bits per heavy atom. The van der Waals surface area contributed by atoms with Crippen molar-refractivity contribution < 1.29 is 0 Å². The van der Waals surface area contributed by atoms with Crippen molar-refractivity contribution >= 4 is 32.3 Å². The van der Waals surface area contributed by atoms with Crippen molar-refractivity contribution in [2.24, 2.45) is 0 Å². The molecule has 0 aliphatic heterocycles. The van der Waals surface area contributed by atoms with Crippen molar-refractivity contribution in [2.45, 2.75) is 6.92 Å². The first-order valence-electron chi connectivity index (χ1n) is 4.98. The van der Waals surface area contributed by atoms with E-state index in [9.17, 15) is 0 Å². The van der Waals surface area contributed by atoms with E-state index >= 15 is 0 Å². The number of thiazole rings is 1. The third kappa shape index (κ3) is 1.28. The quantitative estimate of drug-likeness (QED) is 0.584. The van der Waals surface area contributed by atoms with Crippen molar-refractivity contribution in [2.75, 3.05) is 0 Å². The summed E-state index contributed by atoms with van der Waals surface area (Å²) in [6.45, 7) is 2.01. The van der Waals surface area contributed by atoms with Gasteiger partial charge >= 0.3 is 0 Å². The van der Waals surface area contributed by atoms with Gasteiger partial charge in [0, 0.05) is 5.39 Å². The van der Waals surface area contributed by atoms with Crippen LogP contribution in [0.3, 0.4) is 0 Å². The molecule has 0 saturated carbocycles. The SMILES string of the molecule is Cc1nc2c(ccc3cc(C#N)ccc32)s1. The van der Waals surface area contributed by atoms with Crippen LogP contribution in [-0.4, -0.2) is 4.98 Å². The minimum absolute atomic E-state index is 0.693. The maximum atomic E-state index is 8.85. The summed E-state index contributed by atoms with van der Waals surface area (Å²) >= 11 is 1.70. The van der Waals surface area contributed by atoms with Gasteiger partial charge < -0.3 is 0 Å². The Morgan fingerprint density at radius 3 is 2.94 bits per heavy atom. The van der Waals surface area contributed by atoms with Gasteiger partial charge in [0.05, 0.1) is 26.9 Å². The Balaban J connectivity index is 2.48. The number of nitrogens with zero attached hydrogens (tertiary/aromatic N) is 2. The minimum Gasteiger partial charge on any atom is -0.241 e. The third-order valence-corrected chi connectivity index (χ3v) is 3.55. The second kappa shape index (κ2) is 3.29. The largest absolute Gasteiger partial charge is 0.241 e. The second-order valence-corrected chi connectivity index (χ2v) is 4.93. The Morgan fingerprint density at radius 2 is 2.12 bits per heavy atom. The van der Waals surface area contributed by atoms with Crippen LogP contribution < -0.4 is 0 Å². The summed E-state index contributed by atoms with van der Waals surface area (Å²) in [5.74, 6) is 0. The van der Waals surface area contributed by atoms with Crippen LogP contribution in [0.15, 0.2) is 30.3 Å². The maximum Gasteiger partial charge on any atom is 0.0991 e. The lowest BCUT2D eigenvalue weighted by molar-refractivity contribution is 1.35. The fraction of sp³-hybridized carbons (Fsp3) is 0.0769. The van der Waals surface area contributed by atoms with Gasteiger partial charge in [0.25, 0.3) is 0 Å². The molecule has 3 rings (SSSR count). The van der Waals surface area contributed by atoms with E-state index in [0.717, 1.165) is 21.3 Å². The van der Waals surface area contributed by atoms with Crippen LogP contribution in [0, 0.1) is 18.3 Å². The van der Waals surface area contributed by atoms with Gasteiger partial charge in [-0.1, -0.05) is 12.1 Å². The highest BCUT2D eigenvalue weighted by Crippen LogP contribution is 2.29. The van der Waals surface area contributed by atoms with E-state index in [1.807, 2.05) is 25.1 Å². The van der Waals surface area contributed by atoms with E-state index in [-0.39, 0.29) is 0 Å². The Bertz CT molecular complexity index is 735. The topological polar surface area (TPSA) is 36.7 Å². The predicted molar refractivity (Wildman–Crippen MR) is 66.6 cm³/mol. The average molecular weight is 224 g/mol. The molecule has 1 aromatic heterocycles. The van der Waals surface area contributed by atoms with Gasteiger partial charge in [-0.05, 0) is 30.5 Å². The molecule has 0 amide bonds. The maximum absolute atomic E-state index is 8.85. The molecule has 0 saturated heterocycles. The fourth-order valence-corrected chi connectivity index (χ4v) is 2.74. The molecule has 76 valence electrons. The van der Waals surface area contributed by atoms with Crippen LogP contribution in [-0.2, 0) is 0 Å². The minimum atomic E-state index is 0.693. The number of nitriles is 1. The monoisotopic (exact) mass is 224 g/mol. The standard InChI is InChI=1S/C13H8N2S/c1-8-15-13-11-4-2-9(7-14)6-10(11)3-5-12(13)16-8/h2-6H,1H3. The van der Waals surface area contributed by atoms with E-state index in [1.54, 1.807) is 11.3 Å². The van der Waals surface area contributed by atoms with Crippen molar-refractivity contribution in [1.82, 2.24) is 4.98 Å². The number of aryl methyl sites for hydroxylation is 1. The van der Waals surface area contributed by atoms with Gasteiger partial charge in [-0.15, -0.1) is 11.3 Å². The lowest BCUT2D eigenvalue weighted by Gasteiger charge is -1.98. The summed E-state index contributed by atoms with van der Waals surface area (Å²) in [6, 6.07) is 12.0. The fourth-order valence-electron chi connectivity index (χ4n) is 1.90. The molecule has 0 spiro atoms. The predicted octanol–water partition coefficient (Wildman–Crippen LogP) is 3.63. The highest BCUT2D eigenvalue weighted by atomic mass is 32.1. The van der Waals surface area contributed by atoms with E-state index in [1.165, 1.54) is 4.70 Å². The zero-order valence-electron chi connectivity index (χ0n) is 8.69. The normalized spacial score (nSPS) is 10.8. The molecular weight excluding hydrogens is 216 g/mol. The first-order valence-corrected chi connectivity index (χ1v) is 5.79. The molecule has 2 nitrogen and oxygen atoms in total. The molecule has 0 unspecified atom stereocenters. The van der Waals surface area contributed by atoms with Crippen molar-refractivity contribution in [1.29, 1.82) is 5.26 Å². The summed E-state index contributed by atoms with van der Waals surface area (Å²) in [5, 5.41) is 12.1. The third-order valence-electron chi connectivity index (χ3n) is 2.61. The molecule has 0 aliphatic rings. The number of hydrogen-bond acceptors (Lipinski definition) is 3. The highest BCUT2D eigenvalue weighted by molar-refractivity contribution is 7.18. The van der Waals surface area contributed by atoms with E-state index in [0.29, 0.717) is 5.56 Å². The Kier molecular flexibility index (Phi) is 1.92. The second-order valence-electron chi connectivity index (χ2n) is 3.69. The Hall–Kier alpha value is -1.92. The molecule has 0 fully saturated rings. The molecule has 3 aromatic rings. The van der Waals surface area contributed by atoms with Gasteiger partial charge in [-0.3, -0.25) is 0 Å². The van der Waals surface area contributed by atoms with Crippen LogP contribution in [0.5, 0.6) is 0 Å². The number of rotatable bonds is 0. The number of fused-ring (bicyclic) bond motifs is 3. The molecular formula is C13H8N2S. The first kappa shape index (κ1) is 9.32. The number of benzene rings is 2. The Labute approximate surface area is 96.8 Å². The van der Waals surface area contributed by atoms with Gasteiger partial charge in [-0.2, -0.15) is 5.26 Å². The molecule has 3 heteroatoms. The molecule has 0 radical (unpaired) electrons. The van der Waals surface area contributed by atoms with Gasteiger partial charge in [0.2, 0.25) is 0 Å². The van der Waals surface area contributed by atoms with Crippen molar-refractivity contribution in [3.63, 3.8) is 0 Å². The summed E-state index contributed by atoms with van der Waals surface area (Å²) in [4.78, 5) is 4.53. The van der Waals surface area contributed by atoms with Crippen LogP contribution in [0.1, 0.15) is 10.6 Å². The molecule has 2 aromatic carbocycles. The zero-order chi connectivity index (χ0) is 11.1. The number of aromatic nitrogens is 1. The first-order chi connectivity index (χ1) is 7.78. The lowest BCUT2D eigenvalue weighted by Crippen LogP contribution is -1.78. The van der Waals surface area contributed by atoms with Crippen molar-refractivity contribution in [3.05, 3.63) is 40.9 Å². The molecule has 0 bridgehead atoms. The molecule has 16 heavy (non-hydrogen) atoms. The van der Waals surface area contributed by atoms with Crippen LogP contribution in [0.25, 0.3) is 21.0 Å².